The number of nitrogens with one attached hydrogen (secondary N) is 1. The Bertz CT molecular complexity index is 879. The summed E-state index contributed by atoms with van der Waals surface area (Å²) in [5.41, 5.74) is 0.807. The smallest absolute Gasteiger partial charge is 0.390 e. The van der Waals surface area contributed by atoms with E-state index in [1.165, 1.54) is 0 Å². The van der Waals surface area contributed by atoms with E-state index in [9.17, 15) is 26.3 Å². The van der Waals surface area contributed by atoms with Crippen molar-refractivity contribution in [2.45, 2.75) is 24.3 Å². The molecule has 1 heterocycles. The highest BCUT2D eigenvalue weighted by atomic mass is 35.5. The topological polar surface area (TPSA) is 74.2 Å². The maximum atomic E-state index is 13.2. The van der Waals surface area contributed by atoms with Crippen LogP contribution in [0.4, 0.5) is 32.0 Å². The lowest BCUT2D eigenvalue weighted by Crippen LogP contribution is -2.36. The first kappa shape index (κ1) is 20.6. The number of benzene rings is 1. The molecule has 0 saturated carbocycles. The maximum Gasteiger partial charge on any atom is 0.416 e. The number of hydrogen-bond acceptors (Lipinski definition) is 4. The molecule has 1 atom stereocenters. The lowest BCUT2D eigenvalue weighted by Gasteiger charge is -2.35. The molecular weight excluding hydrogens is 398 g/mol. The minimum Gasteiger partial charge on any atom is -0.390 e. The summed E-state index contributed by atoms with van der Waals surface area (Å²) in [6.45, 7) is 3.32. The fourth-order valence-electron chi connectivity index (χ4n) is 2.59. The van der Waals surface area contributed by atoms with Gasteiger partial charge in [-0.2, -0.15) is 31.6 Å². The van der Waals surface area contributed by atoms with Gasteiger partial charge in [0.25, 0.3) is 0 Å². The van der Waals surface area contributed by atoms with Gasteiger partial charge in [-0.1, -0.05) is 17.7 Å². The van der Waals surface area contributed by atoms with Gasteiger partial charge in [-0.15, -0.1) is 6.58 Å². The zero-order valence-corrected chi connectivity index (χ0v) is 14.1. The minimum atomic E-state index is -4.83. The Morgan fingerprint density at radius 2 is 1.96 bits per heavy atom. The molecule has 0 spiro atoms. The van der Waals surface area contributed by atoms with Crippen LogP contribution < -0.4 is 11.1 Å². The average molecular weight is 409 g/mol. The summed E-state index contributed by atoms with van der Waals surface area (Å²) in [7, 11) is 0. The normalized spacial score (nSPS) is 20.2. The van der Waals surface area contributed by atoms with Crippen molar-refractivity contribution in [2.24, 2.45) is 10.7 Å². The first-order chi connectivity index (χ1) is 12.3. The Labute approximate surface area is 154 Å². The monoisotopic (exact) mass is 408 g/mol. The van der Waals surface area contributed by atoms with Crippen LogP contribution in [0.2, 0.25) is 5.02 Å². The summed E-state index contributed by atoms with van der Waals surface area (Å²) in [6.07, 6.45) is -9.51. The van der Waals surface area contributed by atoms with Crippen LogP contribution in [-0.2, 0) is 11.7 Å². The second-order valence-electron chi connectivity index (χ2n) is 5.63. The maximum absolute atomic E-state index is 13.2. The number of anilines is 1. The van der Waals surface area contributed by atoms with Crippen LogP contribution in [0, 0.1) is 11.3 Å². The van der Waals surface area contributed by atoms with Gasteiger partial charge in [0.2, 0.25) is 0 Å². The number of nitrogens with zero attached hydrogens (tertiary/aromatic N) is 2. The molecule has 3 N–H and O–H groups in total. The molecule has 2 rings (SSSR count). The highest BCUT2D eigenvalue weighted by Crippen LogP contribution is 2.48. The Hall–Kier alpha value is -2.67. The van der Waals surface area contributed by atoms with Crippen LogP contribution in [0.25, 0.3) is 0 Å². The van der Waals surface area contributed by atoms with Crippen molar-refractivity contribution in [2.75, 3.05) is 5.32 Å². The van der Waals surface area contributed by atoms with E-state index >= 15 is 0 Å². The summed E-state index contributed by atoms with van der Waals surface area (Å²) >= 11 is 5.89. The van der Waals surface area contributed by atoms with Gasteiger partial charge in [0.05, 0.1) is 22.7 Å². The number of nitrogens with two attached hydrogens (primary N) is 1. The molecule has 0 fully saturated rings. The van der Waals surface area contributed by atoms with Gasteiger partial charge >= 0.3 is 12.4 Å². The van der Waals surface area contributed by atoms with Crippen molar-refractivity contribution in [3.8, 4) is 6.07 Å². The predicted octanol–water partition coefficient (Wildman–Crippen LogP) is 4.88. The average Bonchev–Trinajstić information content (AvgIpc) is 2.53. The number of aliphatic imine (C=N–C) groups is 1. The van der Waals surface area contributed by atoms with E-state index in [-0.39, 0.29) is 17.2 Å². The third-order valence-corrected chi connectivity index (χ3v) is 3.98. The summed E-state index contributed by atoms with van der Waals surface area (Å²) in [5.74, 6) is -0.271. The number of halogens is 7. The summed E-state index contributed by atoms with van der Waals surface area (Å²) < 4.78 is 78.8. The molecule has 1 aromatic rings. The van der Waals surface area contributed by atoms with E-state index in [2.05, 4.69) is 16.9 Å². The Morgan fingerprint density at radius 3 is 2.44 bits per heavy atom. The molecule has 144 valence electrons. The number of allylic oxidation sites excluding steroid dienone is 1. The van der Waals surface area contributed by atoms with Crippen molar-refractivity contribution in [1.29, 1.82) is 5.26 Å². The number of rotatable bonds is 3. The first-order valence-electron chi connectivity index (χ1n) is 7.17. The van der Waals surface area contributed by atoms with Crippen LogP contribution >= 0.6 is 11.6 Å². The molecule has 1 aromatic carbocycles. The second-order valence-corrected chi connectivity index (χ2v) is 6.04. The van der Waals surface area contributed by atoms with Gasteiger partial charge in [0, 0.05) is 11.6 Å². The molecule has 0 radical (unpaired) electrons. The standard InChI is InChI=1S/C16H11ClF6N4/c1-2-14(7-15(18,19)20)10-3-8(16(21,22)23)4-11(17)13(10)26-12(27-14)5-9(25)6-24/h2-5H,1,7,25H2,(H,26,27). The van der Waals surface area contributed by atoms with Crippen LogP contribution in [0.15, 0.2) is 41.6 Å². The van der Waals surface area contributed by atoms with Crippen LogP contribution in [0.3, 0.4) is 0 Å². The zero-order chi connectivity index (χ0) is 20.6. The molecule has 27 heavy (non-hydrogen) atoms. The summed E-state index contributed by atoms with van der Waals surface area (Å²) in [4.78, 5) is 3.84. The number of hydrogen-bond donors (Lipinski definition) is 2. The van der Waals surface area contributed by atoms with Gasteiger partial charge in [-0.3, -0.25) is 4.99 Å². The Kier molecular flexibility index (Phi) is 5.21. The van der Waals surface area contributed by atoms with Gasteiger partial charge in [-0.05, 0) is 12.1 Å². The molecule has 0 bridgehead atoms. The first-order valence-corrected chi connectivity index (χ1v) is 7.55. The van der Waals surface area contributed by atoms with Gasteiger partial charge in [0.15, 0.2) is 0 Å². The predicted molar refractivity (Wildman–Crippen MR) is 87.9 cm³/mol. The fraction of sp³-hybridized carbons (Fsp3) is 0.250. The number of alkyl halides is 6. The zero-order valence-electron chi connectivity index (χ0n) is 13.3. The molecule has 1 aliphatic rings. The number of amidine groups is 1. The van der Waals surface area contributed by atoms with Crippen molar-refractivity contribution in [3.05, 3.63) is 52.7 Å². The Balaban J connectivity index is 2.80. The SMILES string of the molecule is C=CC1(CC(F)(F)F)N=C(C=C(N)C#N)Nc2c(Cl)cc(C(F)(F)F)cc21. The van der Waals surface area contributed by atoms with Crippen molar-refractivity contribution < 1.29 is 26.3 Å². The van der Waals surface area contributed by atoms with E-state index in [0.29, 0.717) is 12.1 Å². The minimum absolute atomic E-state index is 0.208. The van der Waals surface area contributed by atoms with Gasteiger partial charge in [0.1, 0.15) is 23.1 Å². The molecule has 1 aliphatic heterocycles. The molecule has 0 amide bonds. The molecule has 1 unspecified atom stereocenters. The third-order valence-electron chi connectivity index (χ3n) is 3.69. The van der Waals surface area contributed by atoms with Crippen molar-refractivity contribution in [1.82, 2.24) is 0 Å². The molecule has 0 aromatic heterocycles. The Morgan fingerprint density at radius 1 is 1.33 bits per heavy atom. The molecule has 11 heteroatoms. The van der Waals surface area contributed by atoms with Crippen molar-refractivity contribution in [3.63, 3.8) is 0 Å². The van der Waals surface area contributed by atoms with E-state index in [1.807, 2.05) is 0 Å². The van der Waals surface area contributed by atoms with E-state index in [0.717, 1.165) is 12.2 Å². The lowest BCUT2D eigenvalue weighted by molar-refractivity contribution is -0.144. The molecular formula is C16H11ClF6N4. The summed E-state index contributed by atoms with van der Waals surface area (Å²) in [5, 5.41) is 10.8. The van der Waals surface area contributed by atoms with E-state index in [1.54, 1.807) is 6.07 Å². The van der Waals surface area contributed by atoms with Crippen molar-refractivity contribution >= 4 is 23.1 Å². The fourth-order valence-corrected chi connectivity index (χ4v) is 2.85. The van der Waals surface area contributed by atoms with Crippen LogP contribution in [0.1, 0.15) is 17.5 Å². The third kappa shape index (κ3) is 4.36. The lowest BCUT2D eigenvalue weighted by atomic mass is 9.83. The quantitative estimate of drug-likeness (QED) is 0.425. The largest absolute Gasteiger partial charge is 0.416 e. The number of nitriles is 1. The van der Waals surface area contributed by atoms with E-state index < -0.39 is 40.5 Å². The molecule has 0 aliphatic carbocycles. The highest BCUT2D eigenvalue weighted by molar-refractivity contribution is 6.34. The van der Waals surface area contributed by atoms with E-state index in [4.69, 9.17) is 22.6 Å². The molecule has 4 nitrogen and oxygen atoms in total. The number of fused-ring (bicyclic) bond motifs is 1. The molecule has 0 saturated heterocycles. The van der Waals surface area contributed by atoms with Crippen LogP contribution in [-0.4, -0.2) is 12.0 Å². The second kappa shape index (κ2) is 6.81. The van der Waals surface area contributed by atoms with Crippen LogP contribution in [0.5, 0.6) is 0 Å². The highest BCUT2D eigenvalue weighted by Gasteiger charge is 2.46. The van der Waals surface area contributed by atoms with Gasteiger partial charge < -0.3 is 11.1 Å². The van der Waals surface area contributed by atoms with Gasteiger partial charge in [-0.25, -0.2) is 0 Å². The summed E-state index contributed by atoms with van der Waals surface area (Å²) in [6, 6.07) is 2.68.